The predicted molar refractivity (Wildman–Crippen MR) is 155 cm³/mol. The fraction of sp³-hybridized carbons (Fsp3) is 0.500. The number of aliphatic hydroxyl groups is 1. The molecule has 8 heteroatoms. The number of likely N-dealkylation sites (tertiary alicyclic amines) is 1. The number of nitrogens with zero attached hydrogens (tertiary/aromatic N) is 2. The molecule has 1 amide bonds. The summed E-state index contributed by atoms with van der Waals surface area (Å²) in [4.78, 5) is 30.7. The summed E-state index contributed by atoms with van der Waals surface area (Å²) in [6.45, 7) is 11.2. The van der Waals surface area contributed by atoms with E-state index in [0.717, 1.165) is 55.6 Å². The van der Waals surface area contributed by atoms with E-state index in [2.05, 4.69) is 18.7 Å². The van der Waals surface area contributed by atoms with Crippen molar-refractivity contribution in [3.05, 3.63) is 64.7 Å². The molecule has 216 valence electrons. The lowest BCUT2D eigenvalue weighted by atomic mass is 9.94. The number of ether oxygens (including phenoxy) is 3. The summed E-state index contributed by atoms with van der Waals surface area (Å²) in [5, 5.41) is 11.5. The van der Waals surface area contributed by atoms with E-state index in [9.17, 15) is 14.7 Å². The van der Waals surface area contributed by atoms with E-state index in [-0.39, 0.29) is 11.3 Å². The number of Topliss-reactive ketones (excluding diaryl/α,β-unsaturated/α-hetero) is 1. The highest BCUT2D eigenvalue weighted by atomic mass is 16.5. The van der Waals surface area contributed by atoms with Crippen LogP contribution in [-0.4, -0.2) is 79.2 Å². The zero-order valence-electron chi connectivity index (χ0n) is 24.0. The van der Waals surface area contributed by atoms with E-state index in [4.69, 9.17) is 14.2 Å². The van der Waals surface area contributed by atoms with Gasteiger partial charge in [0.2, 0.25) is 0 Å². The number of benzene rings is 2. The largest absolute Gasteiger partial charge is 0.507 e. The number of carbonyl (C=O) groups is 2. The Kier molecular flexibility index (Phi) is 10.6. The molecule has 0 saturated carbocycles. The first-order chi connectivity index (χ1) is 19.4. The molecule has 2 aromatic carbocycles. The molecule has 0 radical (unpaired) electrons. The van der Waals surface area contributed by atoms with Gasteiger partial charge in [0.05, 0.1) is 38.0 Å². The molecule has 1 unspecified atom stereocenters. The average Bonchev–Trinajstić information content (AvgIpc) is 3.22. The highest BCUT2D eigenvalue weighted by Crippen LogP contribution is 2.40. The highest BCUT2D eigenvalue weighted by molar-refractivity contribution is 6.46. The number of aliphatic hydroxyl groups excluding tert-OH is 1. The second kappa shape index (κ2) is 14.3. The van der Waals surface area contributed by atoms with Crippen LogP contribution in [0.15, 0.2) is 48.0 Å². The van der Waals surface area contributed by atoms with Gasteiger partial charge in [0.15, 0.2) is 0 Å². The summed E-state index contributed by atoms with van der Waals surface area (Å²) in [7, 11) is 0. The van der Waals surface area contributed by atoms with Gasteiger partial charge >= 0.3 is 0 Å². The molecule has 2 saturated heterocycles. The van der Waals surface area contributed by atoms with Crippen molar-refractivity contribution in [2.75, 3.05) is 52.6 Å². The van der Waals surface area contributed by atoms with Gasteiger partial charge in [0, 0.05) is 31.7 Å². The van der Waals surface area contributed by atoms with Gasteiger partial charge in [-0.15, -0.1) is 0 Å². The fourth-order valence-electron chi connectivity index (χ4n) is 5.08. The third-order valence-electron chi connectivity index (χ3n) is 7.48. The summed E-state index contributed by atoms with van der Waals surface area (Å²) in [6.07, 6.45) is 4.00. The van der Waals surface area contributed by atoms with Gasteiger partial charge in [-0.2, -0.15) is 0 Å². The number of carbonyl (C=O) groups excluding carboxylic acids is 2. The lowest BCUT2D eigenvalue weighted by Gasteiger charge is -2.31. The maximum absolute atomic E-state index is 13.5. The SMILES string of the molecule is CCCCOc1ccc(C2C(=C(O)c3ccc(OCCCC)cc3C)C(=O)C(=O)N2CCN2CCOCC2)cc1. The van der Waals surface area contributed by atoms with Crippen LogP contribution in [0.4, 0.5) is 0 Å². The lowest BCUT2D eigenvalue weighted by molar-refractivity contribution is -0.140. The molecule has 2 aliphatic rings. The van der Waals surface area contributed by atoms with Gasteiger partial charge in [0.25, 0.3) is 11.7 Å². The Morgan fingerprint density at radius 3 is 2.17 bits per heavy atom. The first-order valence-electron chi connectivity index (χ1n) is 14.5. The van der Waals surface area contributed by atoms with E-state index in [1.807, 2.05) is 37.3 Å². The van der Waals surface area contributed by atoms with E-state index in [1.165, 1.54) is 0 Å². The van der Waals surface area contributed by atoms with E-state index >= 15 is 0 Å². The van der Waals surface area contributed by atoms with Crippen molar-refractivity contribution < 1.29 is 28.9 Å². The molecule has 40 heavy (non-hydrogen) atoms. The first kappa shape index (κ1) is 29.6. The molecule has 4 rings (SSSR count). The minimum absolute atomic E-state index is 0.106. The molecule has 1 N–H and O–H groups in total. The van der Waals surface area contributed by atoms with Gasteiger partial charge in [0.1, 0.15) is 17.3 Å². The van der Waals surface area contributed by atoms with Crippen LogP contribution in [-0.2, 0) is 14.3 Å². The summed E-state index contributed by atoms with van der Waals surface area (Å²) in [5.41, 5.74) is 2.14. The van der Waals surface area contributed by atoms with Crippen molar-refractivity contribution in [1.29, 1.82) is 0 Å². The summed E-state index contributed by atoms with van der Waals surface area (Å²) in [6, 6.07) is 12.2. The van der Waals surface area contributed by atoms with Crippen LogP contribution in [0.2, 0.25) is 0 Å². The number of rotatable bonds is 13. The zero-order valence-corrected chi connectivity index (χ0v) is 24.0. The number of hydrogen-bond acceptors (Lipinski definition) is 7. The second-order valence-corrected chi connectivity index (χ2v) is 10.4. The Balaban J connectivity index is 1.67. The van der Waals surface area contributed by atoms with Crippen molar-refractivity contribution in [2.45, 2.75) is 52.5 Å². The van der Waals surface area contributed by atoms with Crippen LogP contribution in [0.25, 0.3) is 5.76 Å². The molecule has 2 aliphatic heterocycles. The Morgan fingerprint density at radius 1 is 0.925 bits per heavy atom. The summed E-state index contributed by atoms with van der Waals surface area (Å²) in [5.74, 6) is 0.00873. The Bertz CT molecular complexity index is 1190. The molecular formula is C32H42N2O6. The second-order valence-electron chi connectivity index (χ2n) is 10.4. The zero-order chi connectivity index (χ0) is 28.5. The van der Waals surface area contributed by atoms with Gasteiger partial charge in [-0.3, -0.25) is 14.5 Å². The number of unbranched alkanes of at least 4 members (excludes halogenated alkanes) is 2. The minimum atomic E-state index is -0.703. The number of morpholine rings is 1. The number of aryl methyl sites for hydroxylation is 1. The van der Waals surface area contributed by atoms with Crippen molar-refractivity contribution in [3.8, 4) is 11.5 Å². The fourth-order valence-corrected chi connectivity index (χ4v) is 5.08. The number of ketones is 1. The molecule has 1 atom stereocenters. The lowest BCUT2D eigenvalue weighted by Crippen LogP contribution is -2.42. The predicted octanol–water partition coefficient (Wildman–Crippen LogP) is 5.11. The molecule has 2 fully saturated rings. The molecule has 2 aromatic rings. The number of amides is 1. The van der Waals surface area contributed by atoms with Gasteiger partial charge in [-0.05, 0) is 61.2 Å². The van der Waals surface area contributed by atoms with Crippen molar-refractivity contribution in [1.82, 2.24) is 9.80 Å². The topological polar surface area (TPSA) is 88.5 Å². The molecule has 8 nitrogen and oxygen atoms in total. The molecule has 0 aliphatic carbocycles. The standard InChI is InChI=1S/C32H42N2O6/c1-4-6-18-39-25-10-8-24(9-11-25)29-28(30(35)27-13-12-26(22-23(27)3)40-19-7-5-2)31(36)32(37)34(29)15-14-33-16-20-38-21-17-33/h8-13,22,29,35H,4-7,14-21H2,1-3H3. The Morgan fingerprint density at radius 2 is 1.55 bits per heavy atom. The van der Waals surface area contributed by atoms with Crippen LogP contribution < -0.4 is 9.47 Å². The third-order valence-corrected chi connectivity index (χ3v) is 7.48. The Labute approximate surface area is 237 Å². The third kappa shape index (κ3) is 7.04. The highest BCUT2D eigenvalue weighted by Gasteiger charge is 2.46. The monoisotopic (exact) mass is 550 g/mol. The molecule has 0 bridgehead atoms. The van der Waals surface area contributed by atoms with Crippen LogP contribution in [0.5, 0.6) is 11.5 Å². The van der Waals surface area contributed by atoms with E-state index in [0.29, 0.717) is 50.8 Å². The molecular weight excluding hydrogens is 508 g/mol. The number of hydrogen-bond donors (Lipinski definition) is 1. The maximum Gasteiger partial charge on any atom is 0.295 e. The smallest absolute Gasteiger partial charge is 0.295 e. The molecule has 0 aromatic heterocycles. The van der Waals surface area contributed by atoms with Crippen LogP contribution in [0.3, 0.4) is 0 Å². The van der Waals surface area contributed by atoms with Gasteiger partial charge in [-0.1, -0.05) is 38.8 Å². The van der Waals surface area contributed by atoms with Crippen LogP contribution in [0, 0.1) is 6.92 Å². The van der Waals surface area contributed by atoms with Crippen LogP contribution in [0.1, 0.15) is 62.3 Å². The van der Waals surface area contributed by atoms with Crippen molar-refractivity contribution in [3.63, 3.8) is 0 Å². The Hall–Kier alpha value is -3.36. The average molecular weight is 551 g/mol. The molecule has 0 spiro atoms. The normalized spacial score (nSPS) is 19.3. The van der Waals surface area contributed by atoms with Gasteiger partial charge < -0.3 is 24.2 Å². The quantitative estimate of drug-likeness (QED) is 0.161. The minimum Gasteiger partial charge on any atom is -0.507 e. The first-order valence-corrected chi connectivity index (χ1v) is 14.5. The summed E-state index contributed by atoms with van der Waals surface area (Å²) < 4.78 is 17.1. The van der Waals surface area contributed by atoms with E-state index in [1.54, 1.807) is 17.0 Å². The van der Waals surface area contributed by atoms with Crippen molar-refractivity contribution in [2.24, 2.45) is 0 Å². The molecule has 2 heterocycles. The van der Waals surface area contributed by atoms with Gasteiger partial charge in [-0.25, -0.2) is 0 Å². The van der Waals surface area contributed by atoms with Crippen molar-refractivity contribution >= 4 is 17.4 Å². The van der Waals surface area contributed by atoms with E-state index < -0.39 is 17.7 Å². The maximum atomic E-state index is 13.5. The van der Waals surface area contributed by atoms with Crippen LogP contribution >= 0.6 is 0 Å². The summed E-state index contributed by atoms with van der Waals surface area (Å²) >= 11 is 0.